The van der Waals surface area contributed by atoms with Crippen LogP contribution in [0.4, 0.5) is 11.6 Å². The molecule has 0 amide bonds. The van der Waals surface area contributed by atoms with E-state index in [4.69, 9.17) is 11.5 Å². The molecule has 4 N–H and O–H groups in total. The van der Waals surface area contributed by atoms with Gasteiger partial charge in [0.05, 0.1) is 0 Å². The summed E-state index contributed by atoms with van der Waals surface area (Å²) in [5.74, 6) is 1.10. The van der Waals surface area contributed by atoms with Gasteiger partial charge in [-0.05, 0) is 24.6 Å². The van der Waals surface area contributed by atoms with E-state index in [0.29, 0.717) is 18.1 Å². The van der Waals surface area contributed by atoms with E-state index >= 15 is 0 Å². The third-order valence-electron chi connectivity index (χ3n) is 2.63. The summed E-state index contributed by atoms with van der Waals surface area (Å²) in [5, 5.41) is 0. The molecule has 0 bridgehead atoms. The van der Waals surface area contributed by atoms with Crippen LogP contribution >= 0.6 is 0 Å². The molecule has 0 aliphatic rings. The highest BCUT2D eigenvalue weighted by atomic mass is 14.9. The van der Waals surface area contributed by atoms with Gasteiger partial charge in [-0.15, -0.1) is 0 Å². The summed E-state index contributed by atoms with van der Waals surface area (Å²) >= 11 is 0. The first-order chi connectivity index (χ1) is 8.19. The molecule has 0 aliphatic heterocycles. The van der Waals surface area contributed by atoms with Crippen molar-refractivity contribution in [3.63, 3.8) is 0 Å². The van der Waals surface area contributed by atoms with Gasteiger partial charge in [-0.3, -0.25) is 0 Å². The summed E-state index contributed by atoms with van der Waals surface area (Å²) in [6.45, 7) is 2.06. The Balaban J connectivity index is 2.24. The summed E-state index contributed by atoms with van der Waals surface area (Å²) in [7, 11) is 0. The number of pyridine rings is 2. The lowest BCUT2D eigenvalue weighted by molar-refractivity contribution is 1.01. The first-order valence-corrected chi connectivity index (χ1v) is 5.64. The fraction of sp³-hybridized carbons (Fsp3) is 0.231. The van der Waals surface area contributed by atoms with Crippen molar-refractivity contribution >= 4 is 11.6 Å². The molecule has 2 rings (SSSR count). The monoisotopic (exact) mass is 228 g/mol. The Bertz CT molecular complexity index is 523. The summed E-state index contributed by atoms with van der Waals surface area (Å²) in [5.41, 5.74) is 14.4. The standard InChI is InChI=1S/C13H16N4/c1-2-10-7-6-9(13(15)17-10)8-11-4-3-5-12(14)16-11/h3-7H,2,8H2,1H3,(H2,14,16)(H2,15,17). The number of rotatable bonds is 3. The van der Waals surface area contributed by atoms with Crippen molar-refractivity contribution in [2.45, 2.75) is 19.8 Å². The van der Waals surface area contributed by atoms with Crippen LogP contribution < -0.4 is 11.5 Å². The number of aromatic nitrogens is 2. The highest BCUT2D eigenvalue weighted by Crippen LogP contribution is 2.15. The molecular weight excluding hydrogens is 212 g/mol. The molecule has 2 aromatic rings. The second-order valence-electron chi connectivity index (χ2n) is 3.93. The fourth-order valence-corrected chi connectivity index (χ4v) is 1.68. The number of nitrogen functional groups attached to an aromatic ring is 2. The number of nitrogens with two attached hydrogens (primary N) is 2. The van der Waals surface area contributed by atoms with Crippen molar-refractivity contribution < 1.29 is 0 Å². The van der Waals surface area contributed by atoms with E-state index in [-0.39, 0.29) is 0 Å². The maximum atomic E-state index is 5.91. The summed E-state index contributed by atoms with van der Waals surface area (Å²) in [6.07, 6.45) is 1.55. The van der Waals surface area contributed by atoms with Crippen molar-refractivity contribution in [3.05, 3.63) is 47.3 Å². The second kappa shape index (κ2) is 4.82. The predicted molar refractivity (Wildman–Crippen MR) is 69.5 cm³/mol. The van der Waals surface area contributed by atoms with Gasteiger partial charge < -0.3 is 11.5 Å². The van der Waals surface area contributed by atoms with Crippen molar-refractivity contribution in [1.29, 1.82) is 0 Å². The average Bonchev–Trinajstić information content (AvgIpc) is 2.32. The number of nitrogens with zero attached hydrogens (tertiary/aromatic N) is 2. The van der Waals surface area contributed by atoms with Crippen LogP contribution in [0.3, 0.4) is 0 Å². The molecule has 0 aromatic carbocycles. The van der Waals surface area contributed by atoms with Crippen molar-refractivity contribution in [3.8, 4) is 0 Å². The van der Waals surface area contributed by atoms with Crippen LogP contribution in [0.25, 0.3) is 0 Å². The quantitative estimate of drug-likeness (QED) is 0.839. The van der Waals surface area contributed by atoms with Gasteiger partial charge in [0.15, 0.2) is 0 Å². The minimum atomic E-state index is 0.527. The van der Waals surface area contributed by atoms with Gasteiger partial charge >= 0.3 is 0 Å². The molecule has 0 aliphatic carbocycles. The molecule has 4 nitrogen and oxygen atoms in total. The molecule has 0 saturated carbocycles. The molecule has 0 saturated heterocycles. The van der Waals surface area contributed by atoms with E-state index in [1.54, 1.807) is 6.07 Å². The molecule has 4 heteroatoms. The SMILES string of the molecule is CCc1ccc(Cc2cccc(N)n2)c(N)n1. The normalized spacial score (nSPS) is 10.4. The zero-order valence-corrected chi connectivity index (χ0v) is 9.85. The minimum Gasteiger partial charge on any atom is -0.384 e. The minimum absolute atomic E-state index is 0.527. The lowest BCUT2D eigenvalue weighted by Crippen LogP contribution is -2.03. The van der Waals surface area contributed by atoms with Crippen LogP contribution in [0, 0.1) is 0 Å². The zero-order chi connectivity index (χ0) is 12.3. The molecule has 0 spiro atoms. The van der Waals surface area contributed by atoms with Crippen LogP contribution in [0.5, 0.6) is 0 Å². The van der Waals surface area contributed by atoms with Gasteiger partial charge in [-0.2, -0.15) is 0 Å². The van der Waals surface area contributed by atoms with Gasteiger partial charge in [0.1, 0.15) is 11.6 Å². The van der Waals surface area contributed by atoms with Gasteiger partial charge in [0.25, 0.3) is 0 Å². The number of aryl methyl sites for hydroxylation is 1. The molecule has 0 fully saturated rings. The molecule has 88 valence electrons. The van der Waals surface area contributed by atoms with E-state index in [1.807, 2.05) is 24.3 Å². The first kappa shape index (κ1) is 11.4. The largest absolute Gasteiger partial charge is 0.384 e. The average molecular weight is 228 g/mol. The third kappa shape index (κ3) is 2.72. The Kier molecular flexibility index (Phi) is 3.23. The smallest absolute Gasteiger partial charge is 0.127 e. The lowest BCUT2D eigenvalue weighted by Gasteiger charge is -2.06. The van der Waals surface area contributed by atoms with Crippen molar-refractivity contribution in [2.24, 2.45) is 0 Å². The molecule has 0 unspecified atom stereocenters. The van der Waals surface area contributed by atoms with Crippen LogP contribution in [0.1, 0.15) is 23.9 Å². The second-order valence-corrected chi connectivity index (χ2v) is 3.93. The Morgan fingerprint density at radius 1 is 1.00 bits per heavy atom. The summed E-state index contributed by atoms with van der Waals surface area (Å²) in [6, 6.07) is 9.60. The van der Waals surface area contributed by atoms with E-state index in [1.165, 1.54) is 0 Å². The summed E-state index contributed by atoms with van der Waals surface area (Å²) in [4.78, 5) is 8.58. The lowest BCUT2D eigenvalue weighted by atomic mass is 10.1. The molecule has 2 heterocycles. The van der Waals surface area contributed by atoms with Gasteiger partial charge in [0, 0.05) is 23.4 Å². The van der Waals surface area contributed by atoms with Crippen LogP contribution in [0.15, 0.2) is 30.3 Å². The molecule has 0 atom stereocenters. The van der Waals surface area contributed by atoms with Crippen LogP contribution in [0.2, 0.25) is 0 Å². The van der Waals surface area contributed by atoms with Crippen molar-refractivity contribution in [1.82, 2.24) is 9.97 Å². The maximum Gasteiger partial charge on any atom is 0.127 e. The van der Waals surface area contributed by atoms with Gasteiger partial charge in [-0.1, -0.05) is 19.1 Å². The van der Waals surface area contributed by atoms with Crippen molar-refractivity contribution in [2.75, 3.05) is 11.5 Å². The molecular formula is C13H16N4. The van der Waals surface area contributed by atoms with E-state index in [2.05, 4.69) is 16.9 Å². The van der Waals surface area contributed by atoms with E-state index < -0.39 is 0 Å². The van der Waals surface area contributed by atoms with E-state index in [9.17, 15) is 0 Å². The van der Waals surface area contributed by atoms with Gasteiger partial charge in [-0.25, -0.2) is 9.97 Å². The Labute approximate surface area is 101 Å². The van der Waals surface area contributed by atoms with Crippen LogP contribution in [-0.4, -0.2) is 9.97 Å². The molecule has 17 heavy (non-hydrogen) atoms. The highest BCUT2D eigenvalue weighted by molar-refractivity contribution is 5.43. The Morgan fingerprint density at radius 3 is 2.47 bits per heavy atom. The molecule has 0 radical (unpaired) electrons. The predicted octanol–water partition coefficient (Wildman–Crippen LogP) is 1.79. The van der Waals surface area contributed by atoms with Crippen LogP contribution in [-0.2, 0) is 12.8 Å². The number of hydrogen-bond donors (Lipinski definition) is 2. The number of hydrogen-bond acceptors (Lipinski definition) is 4. The molecule has 2 aromatic heterocycles. The Hall–Kier alpha value is -2.10. The zero-order valence-electron chi connectivity index (χ0n) is 9.85. The Morgan fingerprint density at radius 2 is 1.82 bits per heavy atom. The third-order valence-corrected chi connectivity index (χ3v) is 2.63. The maximum absolute atomic E-state index is 5.91. The fourth-order valence-electron chi connectivity index (χ4n) is 1.68. The van der Waals surface area contributed by atoms with Gasteiger partial charge in [0.2, 0.25) is 0 Å². The summed E-state index contributed by atoms with van der Waals surface area (Å²) < 4.78 is 0. The first-order valence-electron chi connectivity index (χ1n) is 5.64. The highest BCUT2D eigenvalue weighted by Gasteiger charge is 2.04. The van der Waals surface area contributed by atoms with E-state index in [0.717, 1.165) is 23.4 Å². The number of anilines is 2. The topological polar surface area (TPSA) is 77.8 Å².